The predicted octanol–water partition coefficient (Wildman–Crippen LogP) is 1.70. The van der Waals surface area contributed by atoms with Crippen molar-refractivity contribution in [3.63, 3.8) is 0 Å². The Morgan fingerprint density at radius 1 is 1.18 bits per heavy atom. The molecule has 0 aliphatic heterocycles. The van der Waals surface area contributed by atoms with E-state index in [0.29, 0.717) is 0 Å². The van der Waals surface area contributed by atoms with Crippen LogP contribution >= 0.6 is 11.6 Å². The van der Waals surface area contributed by atoms with Crippen LogP contribution in [0, 0.1) is 0 Å². The minimum absolute atomic E-state index is 0. The third kappa shape index (κ3) is 7.27. The monoisotopic (exact) mass is 208 g/mol. The van der Waals surface area contributed by atoms with Crippen LogP contribution in [0.1, 0.15) is 0 Å². The van der Waals surface area contributed by atoms with Crippen molar-refractivity contribution in [1.29, 1.82) is 0 Å². The van der Waals surface area contributed by atoms with Gasteiger partial charge >= 0.3 is 42.3 Å². The molecule has 8 heteroatoms. The summed E-state index contributed by atoms with van der Waals surface area (Å²) in [6.45, 7) is -3.51. The van der Waals surface area contributed by atoms with Crippen LogP contribution < -0.4 is 0 Å². The Morgan fingerprint density at radius 3 is 1.64 bits per heavy atom. The van der Waals surface area contributed by atoms with Gasteiger partial charge in [0.15, 0.2) is 0 Å². The molecule has 0 aliphatic rings. The van der Waals surface area contributed by atoms with Crippen LogP contribution in [0.3, 0.4) is 0 Å². The van der Waals surface area contributed by atoms with Crippen molar-refractivity contribution in [1.82, 2.24) is 0 Å². The average molecular weight is 208 g/mol. The first-order chi connectivity index (χ1) is 4.34. The van der Waals surface area contributed by atoms with Gasteiger partial charge < -0.3 is 0 Å². The van der Waals surface area contributed by atoms with Crippen LogP contribution in [0.25, 0.3) is 0 Å². The van der Waals surface area contributed by atoms with Crippen molar-refractivity contribution in [3.8, 4) is 0 Å². The zero-order chi connectivity index (χ0) is 8.36. The Morgan fingerprint density at radius 2 is 1.55 bits per heavy atom. The molecular formula is C3H3ClF5NaO. The number of rotatable bonds is 2. The third-order valence-electron chi connectivity index (χ3n) is 0.480. The Balaban J connectivity index is 0. The molecule has 0 rings (SSSR count). The van der Waals surface area contributed by atoms with E-state index in [0.717, 1.165) is 0 Å². The van der Waals surface area contributed by atoms with E-state index in [1.807, 2.05) is 0 Å². The van der Waals surface area contributed by atoms with E-state index in [9.17, 15) is 22.0 Å². The van der Waals surface area contributed by atoms with Crippen molar-refractivity contribution in [2.24, 2.45) is 0 Å². The van der Waals surface area contributed by atoms with E-state index < -0.39 is 18.4 Å². The first-order valence-corrected chi connectivity index (χ1v) is 2.42. The number of hydrogen-bond donors (Lipinski definition) is 0. The van der Waals surface area contributed by atoms with Crippen LogP contribution in [-0.4, -0.2) is 47.9 Å². The summed E-state index contributed by atoms with van der Waals surface area (Å²) in [6, 6.07) is 0. The fourth-order valence-corrected chi connectivity index (χ4v) is 0.245. The molecule has 0 spiro atoms. The van der Waals surface area contributed by atoms with Gasteiger partial charge in [-0.05, 0) is 0 Å². The van der Waals surface area contributed by atoms with E-state index in [4.69, 9.17) is 0 Å². The summed E-state index contributed by atoms with van der Waals surface area (Å²) in [6.07, 6.45) is -4.95. The Labute approximate surface area is 86.1 Å². The zero-order valence-corrected chi connectivity index (χ0v) is 5.09. The number of hydrogen-bond acceptors (Lipinski definition) is 1. The molecule has 0 bridgehead atoms. The maximum absolute atomic E-state index is 11.2. The van der Waals surface area contributed by atoms with E-state index in [-0.39, 0.29) is 29.6 Å². The van der Waals surface area contributed by atoms with Gasteiger partial charge in [0.25, 0.3) is 0 Å². The van der Waals surface area contributed by atoms with E-state index in [1.165, 1.54) is 0 Å². The van der Waals surface area contributed by atoms with Gasteiger partial charge in [0.05, 0.1) is 0 Å². The van der Waals surface area contributed by atoms with Gasteiger partial charge in [0, 0.05) is 0 Å². The van der Waals surface area contributed by atoms with Gasteiger partial charge in [0.1, 0.15) is 0 Å². The molecule has 0 heterocycles. The van der Waals surface area contributed by atoms with Gasteiger partial charge in [0.2, 0.25) is 5.56 Å². The second-order valence-electron chi connectivity index (χ2n) is 1.25. The summed E-state index contributed by atoms with van der Waals surface area (Å²) < 4.78 is 58.6. The summed E-state index contributed by atoms with van der Waals surface area (Å²) in [5.74, 6) is 0. The molecule has 11 heavy (non-hydrogen) atoms. The van der Waals surface area contributed by atoms with Gasteiger partial charge in [-0.2, -0.15) is 22.0 Å². The van der Waals surface area contributed by atoms with Crippen LogP contribution in [0.4, 0.5) is 22.0 Å². The quantitative estimate of drug-likeness (QED) is 0.381. The zero-order valence-electron chi connectivity index (χ0n) is 4.33. The minimum atomic E-state index is -4.95. The number of alkyl halides is 6. The van der Waals surface area contributed by atoms with Crippen molar-refractivity contribution in [2.45, 2.75) is 18.4 Å². The summed E-state index contributed by atoms with van der Waals surface area (Å²) in [5, 5.41) is 0. The second kappa shape index (κ2) is 5.53. The first-order valence-electron chi connectivity index (χ1n) is 1.98. The summed E-state index contributed by atoms with van der Waals surface area (Å²) >= 11 is 4.32. The van der Waals surface area contributed by atoms with Crippen molar-refractivity contribution >= 4 is 41.2 Å². The van der Waals surface area contributed by atoms with Crippen molar-refractivity contribution in [2.75, 3.05) is 0 Å². The average Bonchev–Trinajstić information content (AvgIpc) is 1.60. The SMILES string of the molecule is FC(F)OC(Cl)C(F)(F)F.[NaH]. The van der Waals surface area contributed by atoms with Crippen molar-refractivity contribution < 1.29 is 26.7 Å². The Hall–Kier alpha value is 0.900. The standard InChI is InChI=1S/C3H2ClF5O.Na.H/c4-1(3(7,8)9)10-2(5)6;;/h1-2H;;. The van der Waals surface area contributed by atoms with Crippen LogP contribution in [0.2, 0.25) is 0 Å². The molecule has 0 amide bonds. The van der Waals surface area contributed by atoms with Gasteiger partial charge in [-0.3, -0.25) is 4.74 Å². The van der Waals surface area contributed by atoms with E-state index >= 15 is 0 Å². The van der Waals surface area contributed by atoms with Crippen LogP contribution in [0.15, 0.2) is 0 Å². The summed E-state index contributed by atoms with van der Waals surface area (Å²) in [7, 11) is 0. The van der Waals surface area contributed by atoms with Crippen LogP contribution in [0.5, 0.6) is 0 Å². The molecule has 0 aliphatic carbocycles. The molecular weight excluding hydrogens is 205 g/mol. The Kier molecular flexibility index (Phi) is 7.25. The van der Waals surface area contributed by atoms with Gasteiger partial charge in [-0.15, -0.1) is 0 Å². The molecule has 1 unspecified atom stereocenters. The molecule has 0 fully saturated rings. The number of halogens is 6. The van der Waals surface area contributed by atoms with E-state index in [1.54, 1.807) is 0 Å². The molecule has 0 aromatic rings. The molecule has 0 aromatic carbocycles. The van der Waals surface area contributed by atoms with Crippen LogP contribution in [-0.2, 0) is 4.74 Å². The fourth-order valence-electron chi connectivity index (χ4n) is 0.167. The van der Waals surface area contributed by atoms with Gasteiger partial charge in [-0.25, -0.2) is 0 Å². The van der Waals surface area contributed by atoms with E-state index in [2.05, 4.69) is 16.3 Å². The maximum atomic E-state index is 11.2. The summed E-state index contributed by atoms with van der Waals surface area (Å²) in [5.41, 5.74) is -2.94. The van der Waals surface area contributed by atoms with Gasteiger partial charge in [-0.1, -0.05) is 11.6 Å². The molecule has 0 N–H and O–H groups in total. The first kappa shape index (κ1) is 14.4. The molecule has 0 saturated carbocycles. The van der Waals surface area contributed by atoms with Crippen molar-refractivity contribution in [3.05, 3.63) is 0 Å². The predicted molar refractivity (Wildman–Crippen MR) is 29.9 cm³/mol. The molecule has 0 saturated heterocycles. The fraction of sp³-hybridized carbons (Fsp3) is 1.00. The summed E-state index contributed by atoms with van der Waals surface area (Å²) in [4.78, 5) is 0. The molecule has 0 aromatic heterocycles. The molecule has 0 radical (unpaired) electrons. The normalized spacial score (nSPS) is 14.5. The number of ether oxygens (including phenoxy) is 1. The topological polar surface area (TPSA) is 9.23 Å². The second-order valence-corrected chi connectivity index (χ2v) is 1.65. The molecule has 64 valence electrons. The molecule has 1 nitrogen and oxygen atoms in total. The Bertz CT molecular complexity index is 106. The third-order valence-corrected chi connectivity index (χ3v) is 0.830. The molecule has 1 atom stereocenters.